The fraction of sp³-hybridized carbons (Fsp3) is 0.667. The number of sulfonamides is 1. The second-order valence-corrected chi connectivity index (χ2v) is 8.56. The van der Waals surface area contributed by atoms with E-state index in [0.29, 0.717) is 18.0 Å². The smallest absolute Gasteiger partial charge is 0.243 e. The van der Waals surface area contributed by atoms with Gasteiger partial charge in [0.1, 0.15) is 0 Å². The Balaban J connectivity index is 2.36. The second kappa shape index (κ2) is 7.32. The van der Waals surface area contributed by atoms with Crippen LogP contribution in [0.1, 0.15) is 42.0 Å². The van der Waals surface area contributed by atoms with E-state index in [2.05, 4.69) is 17.9 Å². The van der Waals surface area contributed by atoms with Crippen LogP contribution in [-0.2, 0) is 10.0 Å². The van der Waals surface area contributed by atoms with Crippen LogP contribution < -0.4 is 0 Å². The molecule has 1 aliphatic heterocycles. The summed E-state index contributed by atoms with van der Waals surface area (Å²) in [4.78, 5) is 2.90. The summed E-state index contributed by atoms with van der Waals surface area (Å²) < 4.78 is 28.2. The number of nitrogens with zero attached hydrogens (tertiary/aromatic N) is 2. The summed E-state index contributed by atoms with van der Waals surface area (Å²) in [5, 5.41) is 0. The van der Waals surface area contributed by atoms with Crippen molar-refractivity contribution in [2.45, 2.75) is 52.4 Å². The molecule has 1 aliphatic rings. The third kappa shape index (κ3) is 3.78. The molecule has 0 N–H and O–H groups in total. The molecule has 0 aromatic heterocycles. The molecule has 23 heavy (non-hydrogen) atoms. The highest BCUT2D eigenvalue weighted by Crippen LogP contribution is 2.29. The van der Waals surface area contributed by atoms with Gasteiger partial charge in [0.2, 0.25) is 10.0 Å². The average molecular weight is 339 g/mol. The molecule has 5 heteroatoms. The van der Waals surface area contributed by atoms with E-state index in [1.165, 1.54) is 0 Å². The maximum Gasteiger partial charge on any atom is 0.243 e. The quantitative estimate of drug-likeness (QED) is 0.847. The highest BCUT2D eigenvalue weighted by Gasteiger charge is 2.30. The zero-order chi connectivity index (χ0) is 17.2. The molecule has 130 valence electrons. The summed E-state index contributed by atoms with van der Waals surface area (Å²) in [6.07, 6.45) is 2.02. The van der Waals surface area contributed by atoms with Gasteiger partial charge in [-0.2, -0.15) is 4.31 Å². The van der Waals surface area contributed by atoms with Crippen LogP contribution in [0.25, 0.3) is 0 Å². The van der Waals surface area contributed by atoms with Crippen molar-refractivity contribution in [3.05, 3.63) is 28.3 Å². The molecule has 4 nitrogen and oxygen atoms in total. The Morgan fingerprint density at radius 2 is 1.57 bits per heavy atom. The van der Waals surface area contributed by atoms with Gasteiger partial charge in [-0.25, -0.2) is 8.42 Å². The van der Waals surface area contributed by atoms with Gasteiger partial charge in [-0.1, -0.05) is 13.0 Å². The van der Waals surface area contributed by atoms with Gasteiger partial charge in [0, 0.05) is 19.6 Å². The highest BCUT2D eigenvalue weighted by molar-refractivity contribution is 7.89. The van der Waals surface area contributed by atoms with Crippen LogP contribution >= 0.6 is 0 Å². The molecule has 0 unspecified atom stereocenters. The lowest BCUT2D eigenvalue weighted by atomic mass is 10.0. The van der Waals surface area contributed by atoms with Crippen LogP contribution in [0.4, 0.5) is 0 Å². The van der Waals surface area contributed by atoms with E-state index in [-0.39, 0.29) is 0 Å². The molecule has 1 aromatic carbocycles. The van der Waals surface area contributed by atoms with Crippen LogP contribution in [0.3, 0.4) is 0 Å². The van der Waals surface area contributed by atoms with E-state index in [9.17, 15) is 8.42 Å². The molecule has 2 rings (SSSR count). The molecule has 0 bridgehead atoms. The van der Waals surface area contributed by atoms with Crippen molar-refractivity contribution in [3.8, 4) is 0 Å². The zero-order valence-electron chi connectivity index (χ0n) is 15.1. The van der Waals surface area contributed by atoms with Crippen molar-refractivity contribution in [3.63, 3.8) is 0 Å². The first kappa shape index (κ1) is 18.4. The third-order valence-electron chi connectivity index (χ3n) is 4.98. The second-order valence-electron chi connectivity index (χ2n) is 6.69. The van der Waals surface area contributed by atoms with Crippen LogP contribution in [0, 0.1) is 27.7 Å². The van der Waals surface area contributed by atoms with Crippen molar-refractivity contribution >= 4 is 10.0 Å². The van der Waals surface area contributed by atoms with Gasteiger partial charge in [0.15, 0.2) is 0 Å². The third-order valence-corrected chi connectivity index (χ3v) is 7.16. The van der Waals surface area contributed by atoms with E-state index in [0.717, 1.165) is 54.7 Å². The van der Waals surface area contributed by atoms with Crippen LogP contribution in [0.15, 0.2) is 11.0 Å². The topological polar surface area (TPSA) is 40.6 Å². The van der Waals surface area contributed by atoms with Crippen LogP contribution in [0.5, 0.6) is 0 Å². The lowest BCUT2D eigenvalue weighted by Crippen LogP contribution is -2.36. The lowest BCUT2D eigenvalue weighted by Gasteiger charge is -2.24. The number of hydrogen-bond donors (Lipinski definition) is 0. The molecular formula is C18H30N2O2S. The number of benzene rings is 1. The van der Waals surface area contributed by atoms with Crippen molar-refractivity contribution in [2.75, 3.05) is 32.7 Å². The fourth-order valence-electron chi connectivity index (χ4n) is 3.42. The minimum atomic E-state index is -3.42. The molecular weight excluding hydrogens is 308 g/mol. The largest absolute Gasteiger partial charge is 0.302 e. The summed E-state index contributed by atoms with van der Waals surface area (Å²) in [6.45, 7) is 14.1. The number of rotatable bonds is 4. The Hall–Kier alpha value is -0.910. The van der Waals surface area contributed by atoms with E-state index >= 15 is 0 Å². The van der Waals surface area contributed by atoms with Gasteiger partial charge in [-0.3, -0.25) is 0 Å². The Bertz CT molecular complexity index is 642. The Kier molecular flexibility index (Phi) is 5.87. The van der Waals surface area contributed by atoms with Crippen LogP contribution in [-0.4, -0.2) is 50.3 Å². The summed E-state index contributed by atoms with van der Waals surface area (Å²) in [7, 11) is -3.42. The molecule has 0 radical (unpaired) electrons. The van der Waals surface area contributed by atoms with Crippen molar-refractivity contribution in [1.82, 2.24) is 9.21 Å². The average Bonchev–Trinajstić information content (AvgIpc) is 2.72. The maximum atomic E-state index is 13.3. The first-order valence-corrected chi connectivity index (χ1v) is 10.0. The van der Waals surface area contributed by atoms with Gasteiger partial charge < -0.3 is 4.90 Å². The first-order chi connectivity index (χ1) is 10.8. The maximum absolute atomic E-state index is 13.3. The standard InChI is InChI=1S/C18H30N2O2S/c1-6-8-19-9-7-10-20(12-11-19)23(21,22)18-16(4)14(2)13-15(3)17(18)5/h13H,6-12H2,1-5H3. The normalized spacial score (nSPS) is 18.1. The van der Waals surface area contributed by atoms with Gasteiger partial charge >= 0.3 is 0 Å². The molecule has 0 aliphatic carbocycles. The predicted molar refractivity (Wildman–Crippen MR) is 95.5 cm³/mol. The molecule has 1 saturated heterocycles. The molecule has 0 saturated carbocycles. The number of hydrogen-bond acceptors (Lipinski definition) is 3. The van der Waals surface area contributed by atoms with E-state index in [1.54, 1.807) is 4.31 Å². The molecule has 1 aromatic rings. The first-order valence-electron chi connectivity index (χ1n) is 8.59. The van der Waals surface area contributed by atoms with Crippen molar-refractivity contribution < 1.29 is 8.42 Å². The van der Waals surface area contributed by atoms with E-state index in [1.807, 2.05) is 27.7 Å². The minimum Gasteiger partial charge on any atom is -0.302 e. The minimum absolute atomic E-state index is 0.527. The summed E-state index contributed by atoms with van der Waals surface area (Å²) in [5.41, 5.74) is 3.88. The summed E-state index contributed by atoms with van der Waals surface area (Å²) >= 11 is 0. The van der Waals surface area contributed by atoms with Crippen molar-refractivity contribution in [2.24, 2.45) is 0 Å². The van der Waals surface area contributed by atoms with E-state index in [4.69, 9.17) is 0 Å². The SMILES string of the molecule is CCCN1CCCN(S(=O)(=O)c2c(C)c(C)cc(C)c2C)CC1. The van der Waals surface area contributed by atoms with Gasteiger partial charge in [0.25, 0.3) is 0 Å². The molecule has 1 fully saturated rings. The molecule has 0 atom stereocenters. The monoisotopic (exact) mass is 338 g/mol. The van der Waals surface area contributed by atoms with Gasteiger partial charge in [-0.05, 0) is 75.9 Å². The van der Waals surface area contributed by atoms with Gasteiger partial charge in [0.05, 0.1) is 4.90 Å². The predicted octanol–water partition coefficient (Wildman–Crippen LogP) is 3.03. The summed E-state index contributed by atoms with van der Waals surface area (Å²) in [6, 6.07) is 2.08. The number of aryl methyl sites for hydroxylation is 2. The molecule has 0 spiro atoms. The Morgan fingerprint density at radius 1 is 0.957 bits per heavy atom. The summed E-state index contributed by atoms with van der Waals surface area (Å²) in [5.74, 6) is 0. The molecule has 1 heterocycles. The van der Waals surface area contributed by atoms with Crippen LogP contribution in [0.2, 0.25) is 0 Å². The Labute approximate surface area is 141 Å². The van der Waals surface area contributed by atoms with E-state index < -0.39 is 10.0 Å². The Morgan fingerprint density at radius 3 is 2.13 bits per heavy atom. The zero-order valence-corrected chi connectivity index (χ0v) is 16.0. The lowest BCUT2D eigenvalue weighted by molar-refractivity contribution is 0.287. The van der Waals surface area contributed by atoms with Gasteiger partial charge in [-0.15, -0.1) is 0 Å². The highest BCUT2D eigenvalue weighted by atomic mass is 32.2. The van der Waals surface area contributed by atoms with Crippen molar-refractivity contribution in [1.29, 1.82) is 0 Å². The molecule has 0 amide bonds. The fourth-order valence-corrected chi connectivity index (χ4v) is 5.47.